The molecule has 1 aliphatic heterocycles. The minimum atomic E-state index is 0.105. The number of terminal acetylenes is 1. The maximum atomic E-state index is 12.8. The third-order valence-electron chi connectivity index (χ3n) is 4.12. The Hall–Kier alpha value is -1.79. The molecule has 3 heteroatoms. The fraction of sp³-hybridized carbons (Fsp3) is 0.471. The van der Waals surface area contributed by atoms with E-state index in [9.17, 15) is 4.79 Å². The van der Waals surface area contributed by atoms with Crippen molar-refractivity contribution in [3.05, 3.63) is 34.9 Å². The Balaban J connectivity index is 1.86. The second-order valence-electron chi connectivity index (χ2n) is 5.70. The number of fused-ring (bicyclic) bond motifs is 1. The lowest BCUT2D eigenvalue weighted by molar-refractivity contribution is 0.0768. The lowest BCUT2D eigenvalue weighted by Gasteiger charge is -2.24. The molecule has 0 radical (unpaired) electrons. The number of nitrogens with zero attached hydrogens (tertiary/aromatic N) is 1. The minimum Gasteiger partial charge on any atom is -0.327 e. The summed E-state index contributed by atoms with van der Waals surface area (Å²) in [5.41, 5.74) is 3.29. The van der Waals surface area contributed by atoms with Gasteiger partial charge < -0.3 is 10.2 Å². The molecule has 0 saturated heterocycles. The normalized spacial score (nSPS) is 17.1. The van der Waals surface area contributed by atoms with Gasteiger partial charge >= 0.3 is 0 Å². The van der Waals surface area contributed by atoms with Crippen LogP contribution < -0.4 is 5.32 Å². The van der Waals surface area contributed by atoms with E-state index in [2.05, 4.69) is 17.3 Å². The van der Waals surface area contributed by atoms with Gasteiger partial charge in [0.25, 0.3) is 5.91 Å². The van der Waals surface area contributed by atoms with Gasteiger partial charge in [0.05, 0.1) is 6.54 Å². The number of carbonyl (C=O) groups excluding carboxylic acids is 1. The van der Waals surface area contributed by atoms with Crippen LogP contribution in [0.4, 0.5) is 0 Å². The first-order chi connectivity index (χ1) is 9.79. The molecule has 1 saturated carbocycles. The van der Waals surface area contributed by atoms with E-state index in [1.54, 1.807) is 0 Å². The van der Waals surface area contributed by atoms with Crippen LogP contribution in [0.5, 0.6) is 0 Å². The van der Waals surface area contributed by atoms with Crippen LogP contribution in [0.25, 0.3) is 0 Å². The third kappa shape index (κ3) is 2.71. The zero-order chi connectivity index (χ0) is 13.9. The number of hydrogen-bond acceptors (Lipinski definition) is 2. The molecule has 0 aromatic heterocycles. The van der Waals surface area contributed by atoms with Crippen LogP contribution in [0.15, 0.2) is 18.2 Å². The van der Waals surface area contributed by atoms with E-state index in [1.807, 2.05) is 17.0 Å². The number of benzene rings is 1. The highest BCUT2D eigenvalue weighted by Crippen LogP contribution is 2.30. The van der Waals surface area contributed by atoms with Crippen molar-refractivity contribution >= 4 is 5.91 Å². The van der Waals surface area contributed by atoms with Gasteiger partial charge in [-0.2, -0.15) is 0 Å². The van der Waals surface area contributed by atoms with Crippen molar-refractivity contribution in [3.8, 4) is 12.3 Å². The van der Waals surface area contributed by atoms with Crippen LogP contribution in [0.1, 0.15) is 34.3 Å². The quantitative estimate of drug-likeness (QED) is 0.845. The maximum Gasteiger partial charge on any atom is 0.254 e. The van der Waals surface area contributed by atoms with Crippen molar-refractivity contribution in [2.75, 3.05) is 19.6 Å². The molecule has 0 spiro atoms. The summed E-state index contributed by atoms with van der Waals surface area (Å²) in [7, 11) is 0. The van der Waals surface area contributed by atoms with E-state index in [-0.39, 0.29) is 5.91 Å². The van der Waals surface area contributed by atoms with Gasteiger partial charge in [-0.15, -0.1) is 6.42 Å². The van der Waals surface area contributed by atoms with Gasteiger partial charge in [-0.05, 0) is 48.9 Å². The van der Waals surface area contributed by atoms with Gasteiger partial charge in [-0.25, -0.2) is 0 Å². The second kappa shape index (κ2) is 5.68. The molecule has 2 aliphatic rings. The summed E-state index contributed by atoms with van der Waals surface area (Å²) in [6.07, 6.45) is 8.80. The summed E-state index contributed by atoms with van der Waals surface area (Å²) >= 11 is 0. The van der Waals surface area contributed by atoms with Crippen LogP contribution in [0, 0.1) is 18.3 Å². The molecule has 1 N–H and O–H groups in total. The predicted molar refractivity (Wildman–Crippen MR) is 79.3 cm³/mol. The Morgan fingerprint density at radius 2 is 2.30 bits per heavy atom. The fourth-order valence-electron chi connectivity index (χ4n) is 2.84. The van der Waals surface area contributed by atoms with Gasteiger partial charge in [0.1, 0.15) is 0 Å². The first-order valence-corrected chi connectivity index (χ1v) is 7.34. The lowest BCUT2D eigenvalue weighted by atomic mass is 9.94. The molecule has 1 fully saturated rings. The number of carbonyl (C=O) groups is 1. The van der Waals surface area contributed by atoms with Gasteiger partial charge in [-0.3, -0.25) is 4.79 Å². The molecule has 20 heavy (non-hydrogen) atoms. The molecule has 0 unspecified atom stereocenters. The topological polar surface area (TPSA) is 32.3 Å². The summed E-state index contributed by atoms with van der Waals surface area (Å²) in [6.45, 7) is 3.02. The van der Waals surface area contributed by atoms with Crippen LogP contribution in [0.2, 0.25) is 0 Å². The molecule has 1 amide bonds. The molecule has 0 atom stereocenters. The summed E-state index contributed by atoms with van der Waals surface area (Å²) < 4.78 is 0. The molecule has 3 rings (SSSR count). The van der Waals surface area contributed by atoms with Crippen LogP contribution in [-0.2, 0) is 13.0 Å². The molecule has 1 heterocycles. The average molecular weight is 268 g/mol. The smallest absolute Gasteiger partial charge is 0.254 e. The van der Waals surface area contributed by atoms with Gasteiger partial charge in [-0.1, -0.05) is 18.1 Å². The summed E-state index contributed by atoms with van der Waals surface area (Å²) in [5.74, 6) is 3.39. The highest BCUT2D eigenvalue weighted by molar-refractivity contribution is 5.96. The standard InChI is InChI=1S/C17H20N2O/c1-2-10-19(12-13-6-7-13)17(20)16-5-3-4-14-11-18-9-8-15(14)16/h1,3-5,13,18H,6-12H2. The summed E-state index contributed by atoms with van der Waals surface area (Å²) in [6, 6.07) is 6.03. The Kier molecular flexibility index (Phi) is 3.75. The first-order valence-electron chi connectivity index (χ1n) is 7.34. The fourth-order valence-corrected chi connectivity index (χ4v) is 2.84. The van der Waals surface area contributed by atoms with Crippen molar-refractivity contribution in [2.45, 2.75) is 25.8 Å². The van der Waals surface area contributed by atoms with Crippen molar-refractivity contribution in [1.82, 2.24) is 10.2 Å². The average Bonchev–Trinajstić information content (AvgIpc) is 3.29. The molecule has 1 aromatic carbocycles. The largest absolute Gasteiger partial charge is 0.327 e. The zero-order valence-corrected chi connectivity index (χ0v) is 11.7. The minimum absolute atomic E-state index is 0.105. The Morgan fingerprint density at radius 3 is 3.05 bits per heavy atom. The highest BCUT2D eigenvalue weighted by atomic mass is 16.2. The number of amides is 1. The van der Waals surface area contributed by atoms with Gasteiger partial charge in [0.2, 0.25) is 0 Å². The monoisotopic (exact) mass is 268 g/mol. The van der Waals surface area contributed by atoms with Crippen molar-refractivity contribution in [2.24, 2.45) is 5.92 Å². The predicted octanol–water partition coefficient (Wildman–Crippen LogP) is 1.82. The third-order valence-corrected chi connectivity index (χ3v) is 4.12. The number of nitrogens with one attached hydrogen (secondary N) is 1. The van der Waals surface area contributed by atoms with E-state index >= 15 is 0 Å². The van der Waals surface area contributed by atoms with Crippen LogP contribution in [0.3, 0.4) is 0 Å². The van der Waals surface area contributed by atoms with E-state index in [0.717, 1.165) is 31.6 Å². The van der Waals surface area contributed by atoms with E-state index in [0.29, 0.717) is 12.5 Å². The molecule has 104 valence electrons. The highest BCUT2D eigenvalue weighted by Gasteiger charge is 2.28. The maximum absolute atomic E-state index is 12.8. The zero-order valence-electron chi connectivity index (χ0n) is 11.7. The Morgan fingerprint density at radius 1 is 1.45 bits per heavy atom. The van der Waals surface area contributed by atoms with Gasteiger partial charge in [0.15, 0.2) is 0 Å². The summed E-state index contributed by atoms with van der Waals surface area (Å²) in [5, 5.41) is 3.35. The first kappa shape index (κ1) is 13.2. The number of hydrogen-bond donors (Lipinski definition) is 1. The van der Waals surface area contributed by atoms with E-state index in [1.165, 1.54) is 24.0 Å². The van der Waals surface area contributed by atoms with Gasteiger partial charge in [0, 0.05) is 18.7 Å². The van der Waals surface area contributed by atoms with Crippen LogP contribution >= 0.6 is 0 Å². The molecular formula is C17H20N2O. The van der Waals surface area contributed by atoms with Crippen molar-refractivity contribution < 1.29 is 4.79 Å². The molecule has 1 aliphatic carbocycles. The van der Waals surface area contributed by atoms with E-state index < -0.39 is 0 Å². The Bertz CT molecular complexity index is 555. The number of rotatable bonds is 4. The Labute approximate surface area is 120 Å². The van der Waals surface area contributed by atoms with Crippen molar-refractivity contribution in [3.63, 3.8) is 0 Å². The van der Waals surface area contributed by atoms with E-state index in [4.69, 9.17) is 6.42 Å². The molecule has 0 bridgehead atoms. The summed E-state index contributed by atoms with van der Waals surface area (Å²) in [4.78, 5) is 14.6. The van der Waals surface area contributed by atoms with Crippen molar-refractivity contribution in [1.29, 1.82) is 0 Å². The van der Waals surface area contributed by atoms with Crippen LogP contribution in [-0.4, -0.2) is 30.4 Å². The lowest BCUT2D eigenvalue weighted by Crippen LogP contribution is -2.35. The molecule has 1 aromatic rings. The second-order valence-corrected chi connectivity index (χ2v) is 5.70. The molecule has 3 nitrogen and oxygen atoms in total. The molecular weight excluding hydrogens is 248 g/mol. The SMILES string of the molecule is C#CCN(CC1CC1)C(=O)c1cccc2c1CCNC2.